The van der Waals surface area contributed by atoms with Crippen LogP contribution in [0.4, 0.5) is 0 Å². The van der Waals surface area contributed by atoms with Crippen LogP contribution in [0.2, 0.25) is 5.02 Å². The average molecular weight is 325 g/mol. The van der Waals surface area contributed by atoms with Gasteiger partial charge in [0.15, 0.2) is 6.61 Å². The number of amides is 2. The number of halogens is 1. The highest BCUT2D eigenvalue weighted by molar-refractivity contribution is 6.31. The molecule has 22 heavy (non-hydrogen) atoms. The largest absolute Gasteiger partial charge is 0.483 e. The molecular weight excluding hydrogens is 304 g/mol. The first kappa shape index (κ1) is 16.6. The fourth-order valence-corrected chi connectivity index (χ4v) is 2.92. The molecule has 2 atom stereocenters. The van der Waals surface area contributed by atoms with E-state index in [0.717, 1.165) is 19.3 Å². The van der Waals surface area contributed by atoms with E-state index in [2.05, 4.69) is 12.2 Å². The molecule has 5 nitrogen and oxygen atoms in total. The second-order valence-corrected chi connectivity index (χ2v) is 6.17. The Morgan fingerprint density at radius 1 is 1.36 bits per heavy atom. The van der Waals surface area contributed by atoms with E-state index in [1.54, 1.807) is 12.1 Å². The molecule has 0 aliphatic heterocycles. The molecule has 3 N–H and O–H groups in total. The predicted molar refractivity (Wildman–Crippen MR) is 85.0 cm³/mol. The summed E-state index contributed by atoms with van der Waals surface area (Å²) in [6, 6.07) is 4.76. The van der Waals surface area contributed by atoms with Gasteiger partial charge in [0, 0.05) is 11.1 Å². The Bertz CT molecular complexity index is 562. The minimum Gasteiger partial charge on any atom is -0.483 e. The molecule has 6 heteroatoms. The van der Waals surface area contributed by atoms with Crippen LogP contribution in [0, 0.1) is 5.92 Å². The van der Waals surface area contributed by atoms with Crippen molar-refractivity contribution in [2.45, 2.75) is 38.6 Å². The molecule has 1 fully saturated rings. The summed E-state index contributed by atoms with van der Waals surface area (Å²) in [6.45, 7) is 2.00. The summed E-state index contributed by atoms with van der Waals surface area (Å²) in [5.74, 6) is -0.0823. The van der Waals surface area contributed by atoms with Gasteiger partial charge in [0.2, 0.25) is 0 Å². The van der Waals surface area contributed by atoms with Gasteiger partial charge >= 0.3 is 0 Å². The van der Waals surface area contributed by atoms with E-state index in [1.165, 1.54) is 12.5 Å². The Kier molecular flexibility index (Phi) is 5.66. The Labute approximate surface area is 135 Å². The molecule has 0 spiro atoms. The SMILES string of the molecule is C[C@H]1CCCC[C@H]1NC(=O)COc1ccc(Cl)cc1C(N)=O. The molecule has 1 aliphatic rings. The Balaban J connectivity index is 1.92. The van der Waals surface area contributed by atoms with Gasteiger partial charge in [-0.25, -0.2) is 0 Å². The smallest absolute Gasteiger partial charge is 0.258 e. The molecule has 0 saturated heterocycles. The van der Waals surface area contributed by atoms with Crippen molar-refractivity contribution in [3.05, 3.63) is 28.8 Å². The number of hydrogen-bond donors (Lipinski definition) is 2. The maximum Gasteiger partial charge on any atom is 0.258 e. The molecule has 2 amide bonds. The Morgan fingerprint density at radius 2 is 2.09 bits per heavy atom. The van der Waals surface area contributed by atoms with Gasteiger partial charge in [-0.05, 0) is 37.0 Å². The van der Waals surface area contributed by atoms with Crippen molar-refractivity contribution < 1.29 is 14.3 Å². The van der Waals surface area contributed by atoms with Gasteiger partial charge < -0.3 is 15.8 Å². The third kappa shape index (κ3) is 4.37. The molecule has 1 aromatic rings. The summed E-state index contributed by atoms with van der Waals surface area (Å²) in [7, 11) is 0. The van der Waals surface area contributed by atoms with Gasteiger partial charge in [-0.1, -0.05) is 31.4 Å². The van der Waals surface area contributed by atoms with Crippen LogP contribution in [0.15, 0.2) is 18.2 Å². The van der Waals surface area contributed by atoms with Crippen LogP contribution < -0.4 is 15.8 Å². The van der Waals surface area contributed by atoms with Gasteiger partial charge in [0.05, 0.1) is 5.56 Å². The molecule has 1 saturated carbocycles. The van der Waals surface area contributed by atoms with E-state index in [1.807, 2.05) is 0 Å². The number of carbonyl (C=O) groups excluding carboxylic acids is 2. The monoisotopic (exact) mass is 324 g/mol. The number of nitrogens with one attached hydrogen (secondary N) is 1. The van der Waals surface area contributed by atoms with Crippen LogP contribution in [-0.4, -0.2) is 24.5 Å². The standard InChI is InChI=1S/C16H21ClN2O3/c1-10-4-2-3-5-13(10)19-15(20)9-22-14-7-6-11(17)8-12(14)16(18)21/h6-8,10,13H,2-5,9H2,1H3,(H2,18,21)(H,19,20)/t10-,13+/m0/s1. The van der Waals surface area contributed by atoms with E-state index in [0.29, 0.717) is 10.9 Å². The van der Waals surface area contributed by atoms with Crippen molar-refractivity contribution in [1.82, 2.24) is 5.32 Å². The highest BCUT2D eigenvalue weighted by Gasteiger charge is 2.23. The topological polar surface area (TPSA) is 81.4 Å². The fourth-order valence-electron chi connectivity index (χ4n) is 2.74. The first-order valence-electron chi connectivity index (χ1n) is 7.49. The molecule has 0 heterocycles. The van der Waals surface area contributed by atoms with Crippen molar-refractivity contribution in [2.75, 3.05) is 6.61 Å². The molecule has 0 radical (unpaired) electrons. The molecule has 0 bridgehead atoms. The minimum absolute atomic E-state index is 0.148. The van der Waals surface area contributed by atoms with E-state index in [4.69, 9.17) is 22.1 Å². The van der Waals surface area contributed by atoms with Crippen LogP contribution in [0.25, 0.3) is 0 Å². The molecule has 0 aromatic heterocycles. The Morgan fingerprint density at radius 3 is 2.77 bits per heavy atom. The molecule has 1 aromatic carbocycles. The van der Waals surface area contributed by atoms with Gasteiger partial charge in [-0.2, -0.15) is 0 Å². The van der Waals surface area contributed by atoms with E-state index in [-0.39, 0.29) is 29.9 Å². The summed E-state index contributed by atoms with van der Waals surface area (Å²) in [4.78, 5) is 23.4. The van der Waals surface area contributed by atoms with Gasteiger partial charge in [-0.15, -0.1) is 0 Å². The molecule has 1 aliphatic carbocycles. The highest BCUT2D eigenvalue weighted by atomic mass is 35.5. The summed E-state index contributed by atoms with van der Waals surface area (Å²) >= 11 is 5.83. The lowest BCUT2D eigenvalue weighted by Crippen LogP contribution is -2.43. The zero-order valence-corrected chi connectivity index (χ0v) is 13.4. The van der Waals surface area contributed by atoms with Crippen LogP contribution in [0.1, 0.15) is 43.0 Å². The lowest BCUT2D eigenvalue weighted by molar-refractivity contribution is -0.124. The second kappa shape index (κ2) is 7.49. The third-order valence-corrected chi connectivity index (χ3v) is 4.26. The minimum atomic E-state index is -0.640. The number of benzene rings is 1. The van der Waals surface area contributed by atoms with Gasteiger partial charge in [0.25, 0.3) is 11.8 Å². The number of ether oxygens (including phenoxy) is 1. The molecular formula is C16H21ClN2O3. The summed E-state index contributed by atoms with van der Waals surface area (Å²) in [5, 5.41) is 3.38. The first-order chi connectivity index (χ1) is 10.5. The lowest BCUT2D eigenvalue weighted by Gasteiger charge is -2.29. The number of carbonyl (C=O) groups is 2. The fraction of sp³-hybridized carbons (Fsp3) is 0.500. The summed E-state index contributed by atoms with van der Waals surface area (Å²) < 4.78 is 5.42. The van der Waals surface area contributed by atoms with Crippen LogP contribution in [0.5, 0.6) is 5.75 Å². The van der Waals surface area contributed by atoms with E-state index < -0.39 is 5.91 Å². The number of hydrogen-bond acceptors (Lipinski definition) is 3. The van der Waals surface area contributed by atoms with Crippen molar-refractivity contribution >= 4 is 23.4 Å². The van der Waals surface area contributed by atoms with Gasteiger partial charge in [0.1, 0.15) is 5.75 Å². The Hall–Kier alpha value is -1.75. The maximum absolute atomic E-state index is 12.0. The van der Waals surface area contributed by atoms with Crippen LogP contribution in [0.3, 0.4) is 0 Å². The van der Waals surface area contributed by atoms with Crippen LogP contribution >= 0.6 is 11.6 Å². The highest BCUT2D eigenvalue weighted by Crippen LogP contribution is 2.24. The molecule has 0 unspecified atom stereocenters. The predicted octanol–water partition coefficient (Wildman–Crippen LogP) is 2.51. The van der Waals surface area contributed by atoms with Crippen molar-refractivity contribution in [2.24, 2.45) is 11.7 Å². The van der Waals surface area contributed by atoms with Crippen molar-refractivity contribution in [3.63, 3.8) is 0 Å². The maximum atomic E-state index is 12.0. The summed E-state index contributed by atoms with van der Waals surface area (Å²) in [5.41, 5.74) is 5.45. The number of nitrogens with two attached hydrogens (primary N) is 1. The quantitative estimate of drug-likeness (QED) is 0.873. The normalized spacial score (nSPS) is 21.2. The molecule has 120 valence electrons. The molecule has 2 rings (SSSR count). The zero-order chi connectivity index (χ0) is 16.1. The van der Waals surface area contributed by atoms with Crippen molar-refractivity contribution in [3.8, 4) is 5.75 Å². The van der Waals surface area contributed by atoms with E-state index in [9.17, 15) is 9.59 Å². The summed E-state index contributed by atoms with van der Waals surface area (Å²) in [6.07, 6.45) is 4.49. The van der Waals surface area contributed by atoms with Crippen molar-refractivity contribution in [1.29, 1.82) is 0 Å². The third-order valence-electron chi connectivity index (χ3n) is 4.02. The lowest BCUT2D eigenvalue weighted by atomic mass is 9.86. The van der Waals surface area contributed by atoms with Crippen LogP contribution in [-0.2, 0) is 4.79 Å². The number of rotatable bonds is 5. The zero-order valence-electron chi connectivity index (χ0n) is 12.6. The number of primary amides is 1. The van der Waals surface area contributed by atoms with Gasteiger partial charge in [-0.3, -0.25) is 9.59 Å². The second-order valence-electron chi connectivity index (χ2n) is 5.73. The van der Waals surface area contributed by atoms with E-state index >= 15 is 0 Å². The average Bonchev–Trinajstić information content (AvgIpc) is 2.48. The first-order valence-corrected chi connectivity index (χ1v) is 7.86.